The lowest BCUT2D eigenvalue weighted by atomic mass is 10.1. The molecule has 0 spiro atoms. The van der Waals surface area contributed by atoms with E-state index in [2.05, 4.69) is 0 Å². The van der Waals surface area contributed by atoms with E-state index < -0.39 is 0 Å². The number of nitrogens with two attached hydrogens (primary N) is 4. The molecule has 0 aromatic heterocycles. The molecule has 0 aromatic rings. The fraction of sp³-hybridized carbons (Fsp3) is 1.00. The third kappa shape index (κ3) is 13.8. The maximum absolute atomic E-state index is 6.07. The zero-order chi connectivity index (χ0) is 17.8. The summed E-state index contributed by atoms with van der Waals surface area (Å²) in [6.07, 6.45) is 0.0113. The average molecular weight is 336 g/mol. The van der Waals surface area contributed by atoms with Crippen LogP contribution >= 0.6 is 0 Å². The first-order chi connectivity index (χ1) is 10.7. The summed E-state index contributed by atoms with van der Waals surface area (Å²) >= 11 is 0. The molecule has 8 nitrogen and oxygen atoms in total. The molecular weight excluding hydrogens is 300 g/mol. The minimum atomic E-state index is -0.351. The Labute approximate surface area is 140 Å². The quantitative estimate of drug-likeness (QED) is 0.245. The van der Waals surface area contributed by atoms with E-state index in [1.807, 2.05) is 27.7 Å². The third-order valence-corrected chi connectivity index (χ3v) is 3.01. The van der Waals surface area contributed by atoms with Gasteiger partial charge < -0.3 is 41.9 Å². The SMILES string of the molecule is CC(N)COCOC(CC(N)COC(C)OCC(C)N)C(C)N. The normalized spacial score (nSPS) is 19.8. The predicted molar refractivity (Wildman–Crippen MR) is 90.6 cm³/mol. The van der Waals surface area contributed by atoms with E-state index >= 15 is 0 Å². The smallest absolute Gasteiger partial charge is 0.154 e. The second-order valence-corrected chi connectivity index (χ2v) is 6.24. The molecular formula is C15H36N4O4. The highest BCUT2D eigenvalue weighted by atomic mass is 16.7. The van der Waals surface area contributed by atoms with Crippen molar-refractivity contribution in [3.63, 3.8) is 0 Å². The summed E-state index contributed by atoms with van der Waals surface area (Å²) in [6, 6.07) is -0.421. The van der Waals surface area contributed by atoms with Crippen LogP contribution in [0.4, 0.5) is 0 Å². The lowest BCUT2D eigenvalue weighted by molar-refractivity contribution is -0.140. The molecule has 0 fully saturated rings. The molecule has 0 aliphatic rings. The fourth-order valence-corrected chi connectivity index (χ4v) is 1.76. The standard InChI is InChI=1S/C15H36N4O4/c1-10(16)6-20-9-23-15(12(3)18)5-14(19)8-22-13(4)21-7-11(2)17/h10-15H,5-9,16-19H2,1-4H3. The van der Waals surface area contributed by atoms with Crippen molar-refractivity contribution in [1.29, 1.82) is 0 Å². The van der Waals surface area contributed by atoms with Crippen molar-refractivity contribution in [2.75, 3.05) is 26.6 Å². The van der Waals surface area contributed by atoms with Gasteiger partial charge in [-0.05, 0) is 34.1 Å². The second-order valence-electron chi connectivity index (χ2n) is 6.24. The molecule has 23 heavy (non-hydrogen) atoms. The summed E-state index contributed by atoms with van der Waals surface area (Å²) in [5.74, 6) is 0. The molecule has 0 aliphatic carbocycles. The third-order valence-electron chi connectivity index (χ3n) is 3.01. The van der Waals surface area contributed by atoms with E-state index in [0.717, 1.165) is 0 Å². The molecule has 6 atom stereocenters. The molecule has 8 heteroatoms. The summed E-state index contributed by atoms with van der Waals surface area (Å²) in [7, 11) is 0. The summed E-state index contributed by atoms with van der Waals surface area (Å²) in [5, 5.41) is 0. The minimum absolute atomic E-state index is 0.0261. The van der Waals surface area contributed by atoms with Crippen molar-refractivity contribution in [3.05, 3.63) is 0 Å². The van der Waals surface area contributed by atoms with E-state index in [1.165, 1.54) is 0 Å². The molecule has 0 radical (unpaired) electrons. The Bertz CT molecular complexity index is 280. The molecule has 6 unspecified atom stereocenters. The molecule has 0 amide bonds. The monoisotopic (exact) mass is 336 g/mol. The van der Waals surface area contributed by atoms with Gasteiger partial charge in [0, 0.05) is 24.2 Å². The lowest BCUT2D eigenvalue weighted by Gasteiger charge is -2.25. The molecule has 0 rings (SSSR count). The van der Waals surface area contributed by atoms with Crippen LogP contribution in [-0.2, 0) is 18.9 Å². The van der Waals surface area contributed by atoms with Gasteiger partial charge in [-0.25, -0.2) is 0 Å². The number of hydrogen-bond donors (Lipinski definition) is 4. The van der Waals surface area contributed by atoms with Gasteiger partial charge >= 0.3 is 0 Å². The minimum Gasteiger partial charge on any atom is -0.354 e. The molecule has 0 saturated heterocycles. The summed E-state index contributed by atoms with van der Waals surface area (Å²) in [5.41, 5.74) is 23.2. The van der Waals surface area contributed by atoms with Crippen LogP contribution in [-0.4, -0.2) is 63.2 Å². The Morgan fingerprint density at radius 3 is 1.83 bits per heavy atom. The van der Waals surface area contributed by atoms with Gasteiger partial charge in [0.2, 0.25) is 0 Å². The van der Waals surface area contributed by atoms with E-state index in [-0.39, 0.29) is 43.4 Å². The molecule has 0 bridgehead atoms. The van der Waals surface area contributed by atoms with Gasteiger partial charge in [0.25, 0.3) is 0 Å². The van der Waals surface area contributed by atoms with Gasteiger partial charge in [0.15, 0.2) is 6.29 Å². The largest absolute Gasteiger partial charge is 0.354 e. The second kappa shape index (κ2) is 13.0. The van der Waals surface area contributed by atoms with Crippen LogP contribution in [0.25, 0.3) is 0 Å². The van der Waals surface area contributed by atoms with Crippen LogP contribution in [0.2, 0.25) is 0 Å². The van der Waals surface area contributed by atoms with E-state index in [0.29, 0.717) is 26.2 Å². The Hall–Kier alpha value is -0.320. The number of hydrogen-bond acceptors (Lipinski definition) is 8. The van der Waals surface area contributed by atoms with Gasteiger partial charge in [0.05, 0.1) is 25.9 Å². The molecule has 8 N–H and O–H groups in total. The number of rotatable bonds is 14. The molecule has 0 aliphatic heterocycles. The topological polar surface area (TPSA) is 141 Å². The highest BCUT2D eigenvalue weighted by Crippen LogP contribution is 2.07. The van der Waals surface area contributed by atoms with Crippen molar-refractivity contribution in [2.24, 2.45) is 22.9 Å². The first kappa shape index (κ1) is 22.7. The summed E-state index contributed by atoms with van der Waals surface area (Å²) in [4.78, 5) is 0. The maximum Gasteiger partial charge on any atom is 0.154 e. The van der Waals surface area contributed by atoms with Crippen LogP contribution in [0, 0.1) is 0 Å². The summed E-state index contributed by atoms with van der Waals surface area (Å²) < 4.78 is 21.9. The van der Waals surface area contributed by atoms with Crippen molar-refractivity contribution in [1.82, 2.24) is 0 Å². The molecule has 140 valence electrons. The van der Waals surface area contributed by atoms with Gasteiger partial charge in [-0.3, -0.25) is 0 Å². The maximum atomic E-state index is 6.07. The Balaban J connectivity index is 3.97. The van der Waals surface area contributed by atoms with E-state index in [9.17, 15) is 0 Å². The van der Waals surface area contributed by atoms with Gasteiger partial charge in [-0.15, -0.1) is 0 Å². The fourth-order valence-electron chi connectivity index (χ4n) is 1.76. The first-order valence-corrected chi connectivity index (χ1v) is 8.17. The van der Waals surface area contributed by atoms with Crippen LogP contribution in [0.5, 0.6) is 0 Å². The van der Waals surface area contributed by atoms with Gasteiger partial charge in [-0.2, -0.15) is 0 Å². The molecule has 0 aromatic carbocycles. The Morgan fingerprint density at radius 1 is 0.739 bits per heavy atom. The molecule has 0 saturated carbocycles. The Kier molecular flexibility index (Phi) is 12.8. The van der Waals surface area contributed by atoms with Crippen molar-refractivity contribution in [3.8, 4) is 0 Å². The van der Waals surface area contributed by atoms with E-state index in [4.69, 9.17) is 41.9 Å². The van der Waals surface area contributed by atoms with Crippen LogP contribution in [0.3, 0.4) is 0 Å². The van der Waals surface area contributed by atoms with Crippen LogP contribution in [0.15, 0.2) is 0 Å². The van der Waals surface area contributed by atoms with Crippen molar-refractivity contribution >= 4 is 0 Å². The van der Waals surface area contributed by atoms with Gasteiger partial charge in [0.1, 0.15) is 6.79 Å². The number of ether oxygens (including phenoxy) is 4. The van der Waals surface area contributed by atoms with E-state index in [1.54, 1.807) is 0 Å². The first-order valence-electron chi connectivity index (χ1n) is 8.17. The summed E-state index contributed by atoms with van der Waals surface area (Å²) in [6.45, 7) is 8.81. The highest BCUT2D eigenvalue weighted by Gasteiger charge is 2.19. The Morgan fingerprint density at radius 2 is 1.30 bits per heavy atom. The predicted octanol–water partition coefficient (Wildman–Crippen LogP) is -0.516. The average Bonchev–Trinajstić information content (AvgIpc) is 2.45. The van der Waals surface area contributed by atoms with Crippen molar-refractivity contribution < 1.29 is 18.9 Å². The zero-order valence-electron chi connectivity index (χ0n) is 14.9. The van der Waals surface area contributed by atoms with Crippen LogP contribution < -0.4 is 22.9 Å². The molecule has 0 heterocycles. The highest BCUT2D eigenvalue weighted by molar-refractivity contribution is 4.75. The zero-order valence-corrected chi connectivity index (χ0v) is 14.9. The lowest BCUT2D eigenvalue weighted by Crippen LogP contribution is -2.42. The van der Waals surface area contributed by atoms with Gasteiger partial charge in [-0.1, -0.05) is 0 Å². The van der Waals surface area contributed by atoms with Crippen LogP contribution in [0.1, 0.15) is 34.1 Å². The van der Waals surface area contributed by atoms with Crippen molar-refractivity contribution in [2.45, 2.75) is 70.7 Å².